The number of hydrogen-bond acceptors (Lipinski definition) is 6. The summed E-state index contributed by atoms with van der Waals surface area (Å²) >= 11 is 0. The van der Waals surface area contributed by atoms with Gasteiger partial charge in [0.2, 0.25) is 0 Å². The Balaban J connectivity index is 0.00000341. The van der Waals surface area contributed by atoms with Crippen molar-refractivity contribution >= 4 is 18.4 Å². The fourth-order valence-corrected chi connectivity index (χ4v) is 3.82. The maximum absolute atomic E-state index is 12.2. The van der Waals surface area contributed by atoms with E-state index in [1.54, 1.807) is 20.1 Å². The van der Waals surface area contributed by atoms with E-state index in [1.807, 2.05) is 36.4 Å². The van der Waals surface area contributed by atoms with Gasteiger partial charge in [0.25, 0.3) is 0 Å². The van der Waals surface area contributed by atoms with Crippen molar-refractivity contribution in [3.05, 3.63) is 59.2 Å². The number of rotatable bonds is 9. The second-order valence-corrected chi connectivity index (χ2v) is 7.52. The lowest BCUT2D eigenvalue weighted by molar-refractivity contribution is 0.0525. The van der Waals surface area contributed by atoms with Crippen molar-refractivity contribution in [3.63, 3.8) is 0 Å². The molecule has 6 nitrogen and oxygen atoms in total. The fraction of sp³-hybridized carbons (Fsp3) is 0.458. The predicted octanol–water partition coefficient (Wildman–Crippen LogP) is 3.57. The number of para-hydroxylation sites is 1. The molecular formula is C24H32ClNO5. The Morgan fingerprint density at radius 1 is 1.26 bits per heavy atom. The van der Waals surface area contributed by atoms with E-state index in [9.17, 15) is 9.90 Å². The van der Waals surface area contributed by atoms with Gasteiger partial charge in [0.15, 0.2) is 0 Å². The maximum Gasteiger partial charge on any atom is 0.338 e. The topological polar surface area (TPSA) is 77.0 Å². The number of aliphatic hydroxyl groups is 1. The van der Waals surface area contributed by atoms with Crippen molar-refractivity contribution in [2.24, 2.45) is 0 Å². The first kappa shape index (κ1) is 25.0. The highest BCUT2D eigenvalue weighted by atomic mass is 35.5. The zero-order valence-electron chi connectivity index (χ0n) is 18.1. The molecule has 0 heterocycles. The van der Waals surface area contributed by atoms with Crippen molar-refractivity contribution < 1.29 is 24.1 Å². The molecule has 0 bridgehead atoms. The standard InChI is InChI=1S/C24H31NO5.ClH/c1-3-29-24(27)18-12-17-13-19(8-7-11-22(17)23(14-18)28-2)25-15-20(26)16-30-21-9-5-4-6-10-21;/h4-6,9-10,12,14,19-20,25-26H,3,7-8,11,13,15-16H2,1-2H3;1H/t19-,20-;/m0./s1. The summed E-state index contributed by atoms with van der Waals surface area (Å²) in [4.78, 5) is 12.2. The zero-order valence-corrected chi connectivity index (χ0v) is 19.0. The van der Waals surface area contributed by atoms with E-state index in [0.29, 0.717) is 18.7 Å². The summed E-state index contributed by atoms with van der Waals surface area (Å²) < 4.78 is 16.3. The molecule has 0 saturated heterocycles. The van der Waals surface area contributed by atoms with Gasteiger partial charge in [0.05, 0.1) is 19.3 Å². The third kappa shape index (κ3) is 7.13. The van der Waals surface area contributed by atoms with Gasteiger partial charge in [-0.2, -0.15) is 0 Å². The molecule has 0 radical (unpaired) electrons. The summed E-state index contributed by atoms with van der Waals surface area (Å²) in [6.07, 6.45) is 3.06. The van der Waals surface area contributed by atoms with Crippen LogP contribution in [0.5, 0.6) is 11.5 Å². The molecule has 31 heavy (non-hydrogen) atoms. The highest BCUT2D eigenvalue weighted by molar-refractivity contribution is 5.90. The highest BCUT2D eigenvalue weighted by Crippen LogP contribution is 2.31. The van der Waals surface area contributed by atoms with Gasteiger partial charge in [-0.25, -0.2) is 4.79 Å². The predicted molar refractivity (Wildman–Crippen MR) is 123 cm³/mol. The number of benzene rings is 2. The lowest BCUT2D eigenvalue weighted by atomic mass is 9.97. The van der Waals surface area contributed by atoms with Crippen molar-refractivity contribution in [3.8, 4) is 11.5 Å². The molecule has 0 aliphatic heterocycles. The van der Waals surface area contributed by atoms with Crippen LogP contribution in [0, 0.1) is 0 Å². The minimum Gasteiger partial charge on any atom is -0.496 e. The van der Waals surface area contributed by atoms with E-state index in [1.165, 1.54) is 0 Å². The van der Waals surface area contributed by atoms with Gasteiger partial charge in [-0.15, -0.1) is 12.4 Å². The lowest BCUT2D eigenvalue weighted by Gasteiger charge is -2.20. The molecular weight excluding hydrogens is 418 g/mol. The summed E-state index contributed by atoms with van der Waals surface area (Å²) in [5.74, 6) is 1.16. The van der Waals surface area contributed by atoms with Gasteiger partial charge in [0.1, 0.15) is 24.2 Å². The Bertz CT molecular complexity index is 830. The number of nitrogens with one attached hydrogen (secondary N) is 1. The lowest BCUT2D eigenvalue weighted by Crippen LogP contribution is -2.39. The Morgan fingerprint density at radius 2 is 2.03 bits per heavy atom. The largest absolute Gasteiger partial charge is 0.496 e. The molecule has 0 aromatic heterocycles. The second kappa shape index (κ2) is 12.5. The fourth-order valence-electron chi connectivity index (χ4n) is 3.82. The normalized spacial score (nSPS) is 16.3. The van der Waals surface area contributed by atoms with Crippen LogP contribution in [0.4, 0.5) is 0 Å². The molecule has 2 atom stereocenters. The van der Waals surface area contributed by atoms with Crippen LogP contribution in [-0.2, 0) is 17.6 Å². The highest BCUT2D eigenvalue weighted by Gasteiger charge is 2.22. The van der Waals surface area contributed by atoms with Crippen molar-refractivity contribution in [2.45, 2.75) is 44.8 Å². The van der Waals surface area contributed by atoms with Crippen LogP contribution in [-0.4, -0.2) is 50.1 Å². The molecule has 0 unspecified atom stereocenters. The smallest absolute Gasteiger partial charge is 0.338 e. The van der Waals surface area contributed by atoms with Crippen LogP contribution < -0.4 is 14.8 Å². The minimum atomic E-state index is -0.603. The SMILES string of the molecule is CCOC(=O)c1cc2c(c(OC)c1)CCC[C@H](NC[C@H](O)COc1ccccc1)C2.Cl. The zero-order chi connectivity index (χ0) is 21.3. The summed E-state index contributed by atoms with van der Waals surface area (Å²) in [5, 5.41) is 13.8. The molecule has 0 amide bonds. The van der Waals surface area contributed by atoms with E-state index < -0.39 is 6.10 Å². The van der Waals surface area contributed by atoms with Crippen LogP contribution in [0.3, 0.4) is 0 Å². The summed E-state index contributed by atoms with van der Waals surface area (Å²) in [5.41, 5.74) is 2.77. The van der Waals surface area contributed by atoms with Crippen LogP contribution >= 0.6 is 12.4 Å². The van der Waals surface area contributed by atoms with Gasteiger partial charge < -0.3 is 24.6 Å². The number of methoxy groups -OCH3 is 1. The van der Waals surface area contributed by atoms with Crippen LogP contribution in [0.15, 0.2) is 42.5 Å². The molecule has 3 rings (SSSR count). The Morgan fingerprint density at radius 3 is 2.74 bits per heavy atom. The average Bonchev–Trinajstić information content (AvgIpc) is 2.98. The average molecular weight is 450 g/mol. The van der Waals surface area contributed by atoms with Crippen LogP contribution in [0.1, 0.15) is 41.3 Å². The maximum atomic E-state index is 12.2. The summed E-state index contributed by atoms with van der Waals surface area (Å²) in [6.45, 7) is 2.82. The van der Waals surface area contributed by atoms with Crippen LogP contribution in [0.2, 0.25) is 0 Å². The molecule has 0 spiro atoms. The van der Waals surface area contributed by atoms with E-state index in [0.717, 1.165) is 48.3 Å². The van der Waals surface area contributed by atoms with Gasteiger partial charge in [-0.3, -0.25) is 0 Å². The van der Waals surface area contributed by atoms with Gasteiger partial charge >= 0.3 is 5.97 Å². The Hall–Kier alpha value is -2.28. The minimum absolute atomic E-state index is 0. The number of halogens is 1. The van der Waals surface area contributed by atoms with E-state index in [2.05, 4.69) is 5.32 Å². The van der Waals surface area contributed by atoms with Crippen molar-refractivity contribution in [1.29, 1.82) is 0 Å². The first-order chi connectivity index (χ1) is 14.6. The monoisotopic (exact) mass is 449 g/mol. The molecule has 1 aliphatic carbocycles. The van der Waals surface area contributed by atoms with E-state index in [4.69, 9.17) is 14.2 Å². The first-order valence-electron chi connectivity index (χ1n) is 10.6. The van der Waals surface area contributed by atoms with Crippen molar-refractivity contribution in [1.82, 2.24) is 5.32 Å². The molecule has 2 N–H and O–H groups in total. The third-order valence-corrected chi connectivity index (χ3v) is 5.31. The first-order valence-corrected chi connectivity index (χ1v) is 10.6. The van der Waals surface area contributed by atoms with Crippen molar-refractivity contribution in [2.75, 3.05) is 26.9 Å². The summed E-state index contributed by atoms with van der Waals surface area (Å²) in [6, 6.07) is 13.4. The van der Waals surface area contributed by atoms with Crippen LogP contribution in [0.25, 0.3) is 0 Å². The molecule has 1 aliphatic rings. The van der Waals surface area contributed by atoms with Gasteiger partial charge in [-0.05, 0) is 68.0 Å². The molecule has 170 valence electrons. The number of carbonyl (C=O) groups excluding carboxylic acids is 1. The number of aliphatic hydroxyl groups excluding tert-OH is 1. The third-order valence-electron chi connectivity index (χ3n) is 5.31. The number of esters is 1. The Kier molecular flexibility index (Phi) is 10.1. The van der Waals surface area contributed by atoms with E-state index in [-0.39, 0.29) is 31.0 Å². The van der Waals surface area contributed by atoms with E-state index >= 15 is 0 Å². The number of ether oxygens (including phenoxy) is 3. The molecule has 2 aromatic carbocycles. The number of carbonyl (C=O) groups is 1. The number of hydrogen-bond donors (Lipinski definition) is 2. The molecule has 0 saturated carbocycles. The summed E-state index contributed by atoms with van der Waals surface area (Å²) in [7, 11) is 1.63. The molecule has 2 aromatic rings. The molecule has 0 fully saturated rings. The van der Waals surface area contributed by atoms with Gasteiger partial charge in [-0.1, -0.05) is 18.2 Å². The Labute approximate surface area is 190 Å². The van der Waals surface area contributed by atoms with Gasteiger partial charge in [0, 0.05) is 12.6 Å². The number of fused-ring (bicyclic) bond motifs is 1. The second-order valence-electron chi connectivity index (χ2n) is 7.52. The quantitative estimate of drug-likeness (QED) is 0.450. The molecule has 7 heteroatoms.